The zero-order chi connectivity index (χ0) is 16.0. The van der Waals surface area contributed by atoms with Crippen molar-refractivity contribution >= 4 is 17.5 Å². The first-order valence-electron chi connectivity index (χ1n) is 7.16. The highest BCUT2D eigenvalue weighted by molar-refractivity contribution is 5.94. The van der Waals surface area contributed by atoms with Gasteiger partial charge in [0.25, 0.3) is 0 Å². The van der Waals surface area contributed by atoms with Crippen molar-refractivity contribution in [2.45, 2.75) is 39.8 Å². The van der Waals surface area contributed by atoms with E-state index in [1.165, 1.54) is 6.92 Å². The Labute approximate surface area is 126 Å². The number of nitrogens with one attached hydrogen (secondary N) is 1. The van der Waals surface area contributed by atoms with Gasteiger partial charge >= 0.3 is 0 Å². The second-order valence-electron chi connectivity index (χ2n) is 5.80. The van der Waals surface area contributed by atoms with Gasteiger partial charge in [0, 0.05) is 26.2 Å². The standard InChI is InChI=1S/C16H25N3O2/c1-11(2)8-15(17)16(21)18-14-7-5-6-13(9-14)10-19(4)12(3)20/h5-7,9,11,15H,8,10,17H2,1-4H3,(H,18,21)/t15-/m0/s1. The number of carbonyl (C=O) groups excluding carboxylic acids is 2. The van der Waals surface area contributed by atoms with E-state index in [0.717, 1.165) is 5.56 Å². The summed E-state index contributed by atoms with van der Waals surface area (Å²) in [5.41, 5.74) is 7.52. The van der Waals surface area contributed by atoms with E-state index in [9.17, 15) is 9.59 Å². The molecule has 0 bridgehead atoms. The predicted octanol–water partition coefficient (Wildman–Crippen LogP) is 1.98. The van der Waals surface area contributed by atoms with Crippen LogP contribution < -0.4 is 11.1 Å². The highest BCUT2D eigenvalue weighted by atomic mass is 16.2. The van der Waals surface area contributed by atoms with Crippen molar-refractivity contribution in [2.24, 2.45) is 11.7 Å². The van der Waals surface area contributed by atoms with Crippen LogP contribution in [-0.4, -0.2) is 29.8 Å². The third kappa shape index (κ3) is 5.95. The van der Waals surface area contributed by atoms with Gasteiger partial charge in [-0.05, 0) is 30.0 Å². The minimum absolute atomic E-state index is 0.00314. The number of hydrogen-bond donors (Lipinski definition) is 2. The van der Waals surface area contributed by atoms with Crippen LogP contribution in [0.2, 0.25) is 0 Å². The number of anilines is 1. The molecule has 0 unspecified atom stereocenters. The topological polar surface area (TPSA) is 75.4 Å². The predicted molar refractivity (Wildman–Crippen MR) is 84.7 cm³/mol. The summed E-state index contributed by atoms with van der Waals surface area (Å²) in [6.45, 7) is 6.10. The largest absolute Gasteiger partial charge is 0.342 e. The molecule has 2 amide bonds. The van der Waals surface area contributed by atoms with E-state index in [-0.39, 0.29) is 11.8 Å². The van der Waals surface area contributed by atoms with E-state index in [1.807, 2.05) is 38.1 Å². The first-order chi connectivity index (χ1) is 9.79. The van der Waals surface area contributed by atoms with Crippen LogP contribution in [-0.2, 0) is 16.1 Å². The zero-order valence-electron chi connectivity index (χ0n) is 13.2. The Morgan fingerprint density at radius 2 is 2.00 bits per heavy atom. The first kappa shape index (κ1) is 17.2. The zero-order valence-corrected chi connectivity index (χ0v) is 13.2. The average molecular weight is 291 g/mol. The fourth-order valence-electron chi connectivity index (χ4n) is 1.98. The Morgan fingerprint density at radius 1 is 1.33 bits per heavy atom. The monoisotopic (exact) mass is 291 g/mol. The molecule has 21 heavy (non-hydrogen) atoms. The van der Waals surface area contributed by atoms with E-state index in [1.54, 1.807) is 11.9 Å². The highest BCUT2D eigenvalue weighted by Gasteiger charge is 2.15. The van der Waals surface area contributed by atoms with Crippen LogP contribution >= 0.6 is 0 Å². The van der Waals surface area contributed by atoms with E-state index >= 15 is 0 Å². The number of carbonyl (C=O) groups is 2. The van der Waals surface area contributed by atoms with Gasteiger partial charge in [0.15, 0.2) is 0 Å². The van der Waals surface area contributed by atoms with Crippen molar-refractivity contribution in [2.75, 3.05) is 12.4 Å². The fraction of sp³-hybridized carbons (Fsp3) is 0.500. The van der Waals surface area contributed by atoms with Gasteiger partial charge in [-0.2, -0.15) is 0 Å². The van der Waals surface area contributed by atoms with Gasteiger partial charge in [0.2, 0.25) is 11.8 Å². The molecule has 0 aliphatic heterocycles. The molecule has 0 saturated carbocycles. The van der Waals surface area contributed by atoms with Crippen LogP contribution in [0.15, 0.2) is 24.3 Å². The number of benzene rings is 1. The van der Waals surface area contributed by atoms with Gasteiger partial charge < -0.3 is 16.0 Å². The summed E-state index contributed by atoms with van der Waals surface area (Å²) in [5.74, 6) is 0.200. The molecule has 1 rings (SSSR count). The first-order valence-corrected chi connectivity index (χ1v) is 7.16. The van der Waals surface area contributed by atoms with E-state index < -0.39 is 6.04 Å². The quantitative estimate of drug-likeness (QED) is 0.841. The Kier molecular flexibility index (Phi) is 6.37. The van der Waals surface area contributed by atoms with E-state index in [2.05, 4.69) is 5.32 Å². The maximum absolute atomic E-state index is 12.0. The van der Waals surface area contributed by atoms with E-state index in [0.29, 0.717) is 24.6 Å². The Bertz CT molecular complexity index is 500. The van der Waals surface area contributed by atoms with Gasteiger partial charge in [-0.3, -0.25) is 9.59 Å². The molecule has 1 atom stereocenters. The number of amides is 2. The summed E-state index contributed by atoms with van der Waals surface area (Å²) < 4.78 is 0. The lowest BCUT2D eigenvalue weighted by atomic mass is 10.0. The molecule has 1 aromatic rings. The number of nitrogens with two attached hydrogens (primary N) is 1. The summed E-state index contributed by atoms with van der Waals surface area (Å²) in [5, 5.41) is 2.82. The minimum atomic E-state index is -0.506. The smallest absolute Gasteiger partial charge is 0.241 e. The molecule has 0 fully saturated rings. The molecule has 3 N–H and O–H groups in total. The SMILES string of the molecule is CC(=O)N(C)Cc1cccc(NC(=O)[C@@H](N)CC(C)C)c1. The van der Waals surface area contributed by atoms with Gasteiger partial charge in [0.1, 0.15) is 0 Å². The summed E-state index contributed by atoms with van der Waals surface area (Å²) >= 11 is 0. The van der Waals surface area contributed by atoms with Crippen molar-refractivity contribution in [1.82, 2.24) is 4.90 Å². The molecule has 0 aliphatic rings. The second kappa shape index (κ2) is 7.78. The average Bonchev–Trinajstić information content (AvgIpc) is 2.38. The Morgan fingerprint density at radius 3 is 2.57 bits per heavy atom. The maximum Gasteiger partial charge on any atom is 0.241 e. The third-order valence-electron chi connectivity index (χ3n) is 3.21. The number of rotatable bonds is 6. The fourth-order valence-corrected chi connectivity index (χ4v) is 1.98. The van der Waals surface area contributed by atoms with Crippen molar-refractivity contribution < 1.29 is 9.59 Å². The molecule has 5 nitrogen and oxygen atoms in total. The summed E-state index contributed by atoms with van der Waals surface area (Å²) in [7, 11) is 1.74. The lowest BCUT2D eigenvalue weighted by Crippen LogP contribution is -2.36. The molecular weight excluding hydrogens is 266 g/mol. The van der Waals surface area contributed by atoms with Crippen LogP contribution in [0, 0.1) is 5.92 Å². The Balaban J connectivity index is 2.68. The molecule has 0 aliphatic carbocycles. The van der Waals surface area contributed by atoms with Crippen LogP contribution in [0.4, 0.5) is 5.69 Å². The van der Waals surface area contributed by atoms with Gasteiger partial charge in [-0.15, -0.1) is 0 Å². The minimum Gasteiger partial charge on any atom is -0.342 e. The Hall–Kier alpha value is -1.88. The summed E-state index contributed by atoms with van der Waals surface area (Å²) in [6.07, 6.45) is 0.651. The van der Waals surface area contributed by atoms with Gasteiger partial charge in [-0.1, -0.05) is 26.0 Å². The van der Waals surface area contributed by atoms with Crippen LogP contribution in [0.5, 0.6) is 0 Å². The van der Waals surface area contributed by atoms with E-state index in [4.69, 9.17) is 5.73 Å². The number of nitrogens with zero attached hydrogens (tertiary/aromatic N) is 1. The van der Waals surface area contributed by atoms with Crippen molar-refractivity contribution in [1.29, 1.82) is 0 Å². The lowest BCUT2D eigenvalue weighted by Gasteiger charge is -2.17. The third-order valence-corrected chi connectivity index (χ3v) is 3.21. The van der Waals surface area contributed by atoms with Crippen molar-refractivity contribution in [3.8, 4) is 0 Å². The summed E-state index contributed by atoms with van der Waals surface area (Å²) in [6, 6.07) is 6.95. The molecule has 0 heterocycles. The lowest BCUT2D eigenvalue weighted by molar-refractivity contribution is -0.128. The molecule has 0 aromatic heterocycles. The second-order valence-corrected chi connectivity index (χ2v) is 5.80. The molecule has 1 aromatic carbocycles. The molecule has 0 radical (unpaired) electrons. The summed E-state index contributed by atoms with van der Waals surface area (Å²) in [4.78, 5) is 24.8. The van der Waals surface area contributed by atoms with Crippen LogP contribution in [0.25, 0.3) is 0 Å². The van der Waals surface area contributed by atoms with Crippen molar-refractivity contribution in [3.05, 3.63) is 29.8 Å². The van der Waals surface area contributed by atoms with Crippen molar-refractivity contribution in [3.63, 3.8) is 0 Å². The normalized spacial score (nSPS) is 12.1. The molecule has 0 saturated heterocycles. The molecule has 116 valence electrons. The molecule has 0 spiro atoms. The van der Waals surface area contributed by atoms with Crippen LogP contribution in [0.1, 0.15) is 32.8 Å². The molecule has 5 heteroatoms. The van der Waals surface area contributed by atoms with Gasteiger partial charge in [0.05, 0.1) is 6.04 Å². The maximum atomic E-state index is 12.0. The molecular formula is C16H25N3O2. The highest BCUT2D eigenvalue weighted by Crippen LogP contribution is 2.13. The number of hydrogen-bond acceptors (Lipinski definition) is 3. The van der Waals surface area contributed by atoms with Crippen LogP contribution in [0.3, 0.4) is 0 Å². The van der Waals surface area contributed by atoms with Gasteiger partial charge in [-0.25, -0.2) is 0 Å².